The quantitative estimate of drug-likeness (QED) is 0.344. The summed E-state index contributed by atoms with van der Waals surface area (Å²) in [5.74, 6) is 0.557. The van der Waals surface area contributed by atoms with E-state index in [0.717, 1.165) is 28.7 Å². The molecule has 8 nitrogen and oxygen atoms in total. The zero-order valence-electron chi connectivity index (χ0n) is 21.8. The summed E-state index contributed by atoms with van der Waals surface area (Å²) in [5.41, 5.74) is 3.45. The summed E-state index contributed by atoms with van der Waals surface area (Å²) in [6, 6.07) is 17.1. The topological polar surface area (TPSA) is 92.7 Å². The van der Waals surface area contributed by atoms with Crippen LogP contribution in [-0.2, 0) is 9.53 Å². The summed E-state index contributed by atoms with van der Waals surface area (Å²) in [6.07, 6.45) is 0.869. The molecular weight excluding hydrogens is 488 g/mol. The molecule has 0 unspecified atom stereocenters. The van der Waals surface area contributed by atoms with Crippen LogP contribution < -0.4 is 23.7 Å². The lowest BCUT2D eigenvalue weighted by Gasteiger charge is -2.25. The summed E-state index contributed by atoms with van der Waals surface area (Å²) >= 11 is 0. The predicted molar refractivity (Wildman–Crippen MR) is 140 cm³/mol. The van der Waals surface area contributed by atoms with Crippen molar-refractivity contribution in [1.29, 1.82) is 0 Å². The van der Waals surface area contributed by atoms with E-state index in [4.69, 9.17) is 28.4 Å². The summed E-state index contributed by atoms with van der Waals surface area (Å²) in [4.78, 5) is 13.1. The Morgan fingerprint density at radius 2 is 1.63 bits per heavy atom. The molecule has 3 atom stereocenters. The molecule has 1 N–H and O–H groups in total. The lowest BCUT2D eigenvalue weighted by atomic mass is 9.79. The Balaban J connectivity index is 1.67. The van der Waals surface area contributed by atoms with Gasteiger partial charge in [-0.1, -0.05) is 25.1 Å². The van der Waals surface area contributed by atoms with Crippen LogP contribution in [0.3, 0.4) is 0 Å². The molecule has 8 heteroatoms. The summed E-state index contributed by atoms with van der Waals surface area (Å²) < 4.78 is 33.8. The number of hydrogen-bond acceptors (Lipinski definition) is 7. The number of aliphatic carboxylic acids is 1. The molecule has 3 aromatic rings. The molecule has 1 heterocycles. The molecular formula is C30H32O8. The average Bonchev–Trinajstić information content (AvgIpc) is 3.53. The highest BCUT2D eigenvalue weighted by atomic mass is 16.7. The molecule has 0 fully saturated rings. The molecule has 0 aromatic heterocycles. The summed E-state index contributed by atoms with van der Waals surface area (Å²) in [6.45, 7) is 3.49. The van der Waals surface area contributed by atoms with Crippen LogP contribution in [0.15, 0.2) is 54.6 Å². The van der Waals surface area contributed by atoms with Gasteiger partial charge in [0.05, 0.1) is 26.2 Å². The lowest BCUT2D eigenvalue weighted by molar-refractivity contribution is -0.142. The van der Waals surface area contributed by atoms with Crippen LogP contribution in [0.4, 0.5) is 0 Å². The second-order valence-corrected chi connectivity index (χ2v) is 9.32. The highest BCUT2D eigenvalue weighted by Gasteiger charge is 2.48. The molecule has 3 aromatic carbocycles. The molecule has 200 valence electrons. The van der Waals surface area contributed by atoms with Crippen LogP contribution >= 0.6 is 0 Å². The van der Waals surface area contributed by atoms with Gasteiger partial charge in [-0.05, 0) is 53.4 Å². The third-order valence-corrected chi connectivity index (χ3v) is 7.06. The first-order valence-electron chi connectivity index (χ1n) is 12.7. The highest BCUT2D eigenvalue weighted by molar-refractivity contribution is 5.78. The fourth-order valence-corrected chi connectivity index (χ4v) is 5.39. The minimum absolute atomic E-state index is 0.150. The van der Waals surface area contributed by atoms with Crippen LogP contribution in [0, 0.1) is 5.92 Å². The van der Waals surface area contributed by atoms with E-state index in [1.54, 1.807) is 20.3 Å². The number of carboxylic acids is 1. The number of ether oxygens (including phenoxy) is 6. The van der Waals surface area contributed by atoms with Crippen LogP contribution in [0.25, 0.3) is 0 Å². The molecule has 1 aliphatic heterocycles. The van der Waals surface area contributed by atoms with Crippen molar-refractivity contribution in [3.8, 4) is 28.7 Å². The fraction of sp³-hybridized carbons (Fsp3) is 0.367. The minimum Gasteiger partial charge on any atom is -0.497 e. The van der Waals surface area contributed by atoms with Crippen molar-refractivity contribution >= 4 is 5.97 Å². The van der Waals surface area contributed by atoms with Gasteiger partial charge in [0.25, 0.3) is 0 Å². The van der Waals surface area contributed by atoms with Gasteiger partial charge >= 0.3 is 5.97 Å². The van der Waals surface area contributed by atoms with Crippen molar-refractivity contribution in [3.63, 3.8) is 0 Å². The molecule has 0 amide bonds. The standard InChI is InChI=1S/C30H32O8/c1-4-11-35-20-7-8-21-23(15-20)28(22-9-6-19(34-3)16-25(22)36-13-12-33-2)29(30(31)32)27(21)18-5-10-24-26(14-18)38-17-37-24/h5-10,14-16,27-29H,4,11-13,17H2,1-3H3,(H,31,32)/t27-,28+,29+/m0/s1. The number of hydrogen-bond donors (Lipinski definition) is 1. The number of fused-ring (bicyclic) bond motifs is 2. The summed E-state index contributed by atoms with van der Waals surface area (Å²) in [5, 5.41) is 10.7. The first kappa shape index (κ1) is 25.7. The van der Waals surface area contributed by atoms with Gasteiger partial charge in [0.15, 0.2) is 11.5 Å². The molecule has 0 saturated carbocycles. The Kier molecular flexibility index (Phi) is 7.60. The molecule has 1 aliphatic carbocycles. The summed E-state index contributed by atoms with van der Waals surface area (Å²) in [7, 11) is 3.20. The second-order valence-electron chi connectivity index (χ2n) is 9.32. The molecule has 0 saturated heterocycles. The van der Waals surface area contributed by atoms with Gasteiger partial charge in [-0.2, -0.15) is 0 Å². The smallest absolute Gasteiger partial charge is 0.308 e. The second kappa shape index (κ2) is 11.2. The Labute approximate surface area is 222 Å². The van der Waals surface area contributed by atoms with Gasteiger partial charge < -0.3 is 33.5 Å². The van der Waals surface area contributed by atoms with Crippen molar-refractivity contribution in [2.45, 2.75) is 25.2 Å². The van der Waals surface area contributed by atoms with Gasteiger partial charge in [0.1, 0.15) is 23.9 Å². The molecule has 5 rings (SSSR count). The molecule has 38 heavy (non-hydrogen) atoms. The zero-order chi connectivity index (χ0) is 26.6. The van der Waals surface area contributed by atoms with E-state index in [0.29, 0.717) is 48.6 Å². The largest absolute Gasteiger partial charge is 0.497 e. The predicted octanol–water partition coefficient (Wildman–Crippen LogP) is 5.22. The first-order valence-corrected chi connectivity index (χ1v) is 12.7. The van der Waals surface area contributed by atoms with E-state index in [2.05, 4.69) is 0 Å². The van der Waals surface area contributed by atoms with Crippen molar-refractivity contribution in [2.75, 3.05) is 40.8 Å². The Morgan fingerprint density at radius 1 is 0.842 bits per heavy atom. The van der Waals surface area contributed by atoms with Gasteiger partial charge in [0, 0.05) is 30.6 Å². The first-order chi connectivity index (χ1) is 18.5. The van der Waals surface area contributed by atoms with Crippen molar-refractivity contribution in [3.05, 3.63) is 76.9 Å². The van der Waals surface area contributed by atoms with Crippen LogP contribution in [0.5, 0.6) is 28.7 Å². The average molecular weight is 521 g/mol. The maximum absolute atomic E-state index is 13.1. The number of carboxylic acid groups (broad SMARTS) is 1. The minimum atomic E-state index is -0.899. The maximum atomic E-state index is 13.1. The maximum Gasteiger partial charge on any atom is 0.308 e. The Hall–Kier alpha value is -3.91. The third-order valence-electron chi connectivity index (χ3n) is 7.06. The molecule has 0 spiro atoms. The van der Waals surface area contributed by atoms with E-state index in [-0.39, 0.29) is 6.79 Å². The Morgan fingerprint density at radius 3 is 2.39 bits per heavy atom. The van der Waals surface area contributed by atoms with Gasteiger partial charge in [0.2, 0.25) is 6.79 Å². The van der Waals surface area contributed by atoms with E-state index >= 15 is 0 Å². The number of rotatable bonds is 11. The third kappa shape index (κ3) is 4.84. The van der Waals surface area contributed by atoms with E-state index in [1.165, 1.54) is 0 Å². The van der Waals surface area contributed by atoms with Crippen molar-refractivity contribution in [1.82, 2.24) is 0 Å². The van der Waals surface area contributed by atoms with Gasteiger partial charge in [-0.25, -0.2) is 0 Å². The highest BCUT2D eigenvalue weighted by Crippen LogP contribution is 2.56. The zero-order valence-corrected chi connectivity index (χ0v) is 21.8. The van der Waals surface area contributed by atoms with Crippen LogP contribution in [0.2, 0.25) is 0 Å². The van der Waals surface area contributed by atoms with Gasteiger partial charge in [-0.3, -0.25) is 4.79 Å². The van der Waals surface area contributed by atoms with E-state index < -0.39 is 23.7 Å². The normalized spacial score (nSPS) is 19.2. The molecule has 2 aliphatic rings. The van der Waals surface area contributed by atoms with Crippen molar-refractivity contribution < 1.29 is 38.3 Å². The van der Waals surface area contributed by atoms with Gasteiger partial charge in [-0.15, -0.1) is 0 Å². The number of methoxy groups -OCH3 is 2. The van der Waals surface area contributed by atoms with Crippen molar-refractivity contribution in [2.24, 2.45) is 5.92 Å². The molecule has 0 bridgehead atoms. The fourth-order valence-electron chi connectivity index (χ4n) is 5.39. The van der Waals surface area contributed by atoms with E-state index in [1.807, 2.05) is 55.5 Å². The van der Waals surface area contributed by atoms with E-state index in [9.17, 15) is 9.90 Å². The van der Waals surface area contributed by atoms with Crippen LogP contribution in [-0.4, -0.2) is 51.9 Å². The Bertz CT molecular complexity index is 1300. The lowest BCUT2D eigenvalue weighted by Crippen LogP contribution is -2.24. The van der Waals surface area contributed by atoms with Crippen LogP contribution in [0.1, 0.15) is 47.4 Å². The molecule has 0 radical (unpaired) electrons. The number of carbonyl (C=O) groups is 1. The SMILES string of the molecule is CCCOc1ccc2c(c1)[C@@H](c1ccc(OC)cc1OCCOC)[C@H](C(=O)O)[C@H]2c1ccc2c(c1)OCO2. The number of benzene rings is 3. The monoisotopic (exact) mass is 520 g/mol.